The minimum Gasteiger partial charge on any atom is -0.322 e. The van der Waals surface area contributed by atoms with Crippen molar-refractivity contribution in [1.82, 2.24) is 4.98 Å². The molecule has 1 atom stereocenters. The summed E-state index contributed by atoms with van der Waals surface area (Å²) in [4.78, 5) is 5.70. The average molecular weight is 184 g/mol. The predicted octanol–water partition coefficient (Wildman–Crippen LogP) is 2.42. The summed E-state index contributed by atoms with van der Waals surface area (Å²) >= 11 is 1.71. The molecule has 0 saturated heterocycles. The summed E-state index contributed by atoms with van der Waals surface area (Å²) in [6, 6.07) is 0.0994. The summed E-state index contributed by atoms with van der Waals surface area (Å²) in [7, 11) is 0. The third-order valence-corrected chi connectivity index (χ3v) is 3.22. The molecule has 0 radical (unpaired) electrons. The molecule has 0 aromatic carbocycles. The van der Waals surface area contributed by atoms with Gasteiger partial charge in [0.05, 0.1) is 11.7 Å². The minimum atomic E-state index is 0.0994. The van der Waals surface area contributed by atoms with Crippen molar-refractivity contribution in [3.05, 3.63) is 15.6 Å². The molecular weight excluding hydrogens is 168 g/mol. The number of nitrogens with two attached hydrogens (primary N) is 1. The van der Waals surface area contributed by atoms with Crippen LogP contribution in [0.3, 0.4) is 0 Å². The van der Waals surface area contributed by atoms with E-state index in [1.54, 1.807) is 11.3 Å². The van der Waals surface area contributed by atoms with Crippen LogP contribution in [0.2, 0.25) is 0 Å². The van der Waals surface area contributed by atoms with Gasteiger partial charge in [-0.25, -0.2) is 4.98 Å². The van der Waals surface area contributed by atoms with Crippen molar-refractivity contribution in [1.29, 1.82) is 0 Å². The Morgan fingerprint density at radius 2 is 1.92 bits per heavy atom. The van der Waals surface area contributed by atoms with Crippen molar-refractivity contribution in [2.24, 2.45) is 11.7 Å². The Balaban J connectivity index is 2.89. The summed E-state index contributed by atoms with van der Waals surface area (Å²) in [6.45, 7) is 8.36. The molecule has 1 aromatic rings. The van der Waals surface area contributed by atoms with Crippen molar-refractivity contribution in [2.45, 2.75) is 33.7 Å². The van der Waals surface area contributed by atoms with Gasteiger partial charge in [-0.1, -0.05) is 13.8 Å². The van der Waals surface area contributed by atoms with Gasteiger partial charge < -0.3 is 5.73 Å². The highest BCUT2D eigenvalue weighted by molar-refractivity contribution is 7.11. The van der Waals surface area contributed by atoms with E-state index >= 15 is 0 Å². The number of hydrogen-bond donors (Lipinski definition) is 1. The number of aromatic nitrogens is 1. The number of rotatable bonds is 2. The molecule has 0 saturated carbocycles. The maximum absolute atomic E-state index is 5.97. The molecule has 0 spiro atoms. The van der Waals surface area contributed by atoms with Crippen molar-refractivity contribution in [2.75, 3.05) is 0 Å². The lowest BCUT2D eigenvalue weighted by molar-refractivity contribution is 0.511. The van der Waals surface area contributed by atoms with E-state index in [1.165, 1.54) is 4.88 Å². The molecule has 0 aliphatic heterocycles. The molecule has 0 aliphatic rings. The Morgan fingerprint density at radius 1 is 1.33 bits per heavy atom. The van der Waals surface area contributed by atoms with Crippen LogP contribution in [0.15, 0.2) is 0 Å². The van der Waals surface area contributed by atoms with Crippen LogP contribution in [0.4, 0.5) is 0 Å². The average Bonchev–Trinajstić information content (AvgIpc) is 2.30. The van der Waals surface area contributed by atoms with E-state index in [2.05, 4.69) is 25.8 Å². The summed E-state index contributed by atoms with van der Waals surface area (Å²) in [5, 5.41) is 1.07. The van der Waals surface area contributed by atoms with Crippen LogP contribution in [0.5, 0.6) is 0 Å². The van der Waals surface area contributed by atoms with E-state index in [-0.39, 0.29) is 6.04 Å². The van der Waals surface area contributed by atoms with Gasteiger partial charge in [-0.2, -0.15) is 0 Å². The van der Waals surface area contributed by atoms with Gasteiger partial charge in [-0.05, 0) is 19.8 Å². The van der Waals surface area contributed by atoms with E-state index in [0.29, 0.717) is 5.92 Å². The second-order valence-electron chi connectivity index (χ2n) is 3.46. The Morgan fingerprint density at radius 3 is 2.25 bits per heavy atom. The third-order valence-electron chi connectivity index (χ3n) is 2.05. The molecule has 12 heavy (non-hydrogen) atoms. The highest BCUT2D eigenvalue weighted by atomic mass is 32.1. The summed E-state index contributed by atoms with van der Waals surface area (Å²) in [5.41, 5.74) is 7.08. The number of thiazole rings is 1. The molecule has 1 aromatic heterocycles. The van der Waals surface area contributed by atoms with E-state index in [1.807, 2.05) is 6.92 Å². The SMILES string of the molecule is Cc1nc(C(N)C(C)C)sc1C. The third kappa shape index (κ3) is 1.84. The van der Waals surface area contributed by atoms with Crippen molar-refractivity contribution in [3.8, 4) is 0 Å². The normalized spacial score (nSPS) is 13.8. The van der Waals surface area contributed by atoms with Crippen LogP contribution in [0.1, 0.15) is 35.5 Å². The lowest BCUT2D eigenvalue weighted by atomic mass is 10.1. The topological polar surface area (TPSA) is 38.9 Å². The van der Waals surface area contributed by atoms with Gasteiger partial charge in [0, 0.05) is 4.88 Å². The lowest BCUT2D eigenvalue weighted by Crippen LogP contribution is -2.16. The van der Waals surface area contributed by atoms with Crippen LogP contribution in [-0.2, 0) is 0 Å². The summed E-state index contributed by atoms with van der Waals surface area (Å²) in [5.74, 6) is 0.468. The molecule has 3 heteroatoms. The first-order chi connectivity index (χ1) is 5.52. The Labute approximate surface area is 77.8 Å². The second kappa shape index (κ2) is 3.54. The lowest BCUT2D eigenvalue weighted by Gasteiger charge is -2.11. The Bertz CT molecular complexity index is 246. The fourth-order valence-corrected chi connectivity index (χ4v) is 2.02. The van der Waals surface area contributed by atoms with E-state index in [4.69, 9.17) is 5.73 Å². The number of aryl methyl sites for hydroxylation is 2. The van der Waals surface area contributed by atoms with Gasteiger partial charge in [-0.15, -0.1) is 11.3 Å². The number of nitrogens with zero attached hydrogens (tertiary/aromatic N) is 1. The first-order valence-corrected chi connectivity index (χ1v) is 5.03. The maximum atomic E-state index is 5.97. The largest absolute Gasteiger partial charge is 0.322 e. The molecule has 68 valence electrons. The van der Waals surface area contributed by atoms with Crippen molar-refractivity contribution >= 4 is 11.3 Å². The second-order valence-corrected chi connectivity index (χ2v) is 4.70. The van der Waals surface area contributed by atoms with E-state index < -0.39 is 0 Å². The molecule has 2 N–H and O–H groups in total. The van der Waals surface area contributed by atoms with Crippen LogP contribution >= 0.6 is 11.3 Å². The molecular formula is C9H16N2S. The van der Waals surface area contributed by atoms with Gasteiger partial charge in [0.25, 0.3) is 0 Å². The van der Waals surface area contributed by atoms with Crippen LogP contribution in [0, 0.1) is 19.8 Å². The van der Waals surface area contributed by atoms with Gasteiger partial charge in [0.2, 0.25) is 0 Å². The smallest absolute Gasteiger partial charge is 0.110 e. The molecule has 0 bridgehead atoms. The number of hydrogen-bond acceptors (Lipinski definition) is 3. The maximum Gasteiger partial charge on any atom is 0.110 e. The molecule has 2 nitrogen and oxygen atoms in total. The van der Waals surface area contributed by atoms with Gasteiger partial charge in [0.1, 0.15) is 5.01 Å². The van der Waals surface area contributed by atoms with Gasteiger partial charge in [0.15, 0.2) is 0 Å². The fraction of sp³-hybridized carbons (Fsp3) is 0.667. The molecule has 1 unspecified atom stereocenters. The first kappa shape index (κ1) is 9.68. The molecule has 1 rings (SSSR count). The minimum absolute atomic E-state index is 0.0994. The predicted molar refractivity (Wildman–Crippen MR) is 53.4 cm³/mol. The molecule has 1 heterocycles. The highest BCUT2D eigenvalue weighted by Gasteiger charge is 2.14. The zero-order chi connectivity index (χ0) is 9.30. The van der Waals surface area contributed by atoms with Crippen LogP contribution in [-0.4, -0.2) is 4.98 Å². The van der Waals surface area contributed by atoms with Crippen molar-refractivity contribution < 1.29 is 0 Å². The first-order valence-electron chi connectivity index (χ1n) is 4.22. The highest BCUT2D eigenvalue weighted by Crippen LogP contribution is 2.25. The van der Waals surface area contributed by atoms with E-state index in [0.717, 1.165) is 10.7 Å². The summed E-state index contributed by atoms with van der Waals surface area (Å²) in [6.07, 6.45) is 0. The van der Waals surface area contributed by atoms with Crippen LogP contribution in [0.25, 0.3) is 0 Å². The molecule has 0 fully saturated rings. The van der Waals surface area contributed by atoms with E-state index in [9.17, 15) is 0 Å². The zero-order valence-corrected chi connectivity index (χ0v) is 8.90. The summed E-state index contributed by atoms with van der Waals surface area (Å²) < 4.78 is 0. The monoisotopic (exact) mass is 184 g/mol. The molecule has 0 amide bonds. The zero-order valence-electron chi connectivity index (χ0n) is 8.09. The standard InChI is InChI=1S/C9H16N2S/c1-5(2)8(10)9-11-6(3)7(4)12-9/h5,8H,10H2,1-4H3. The van der Waals surface area contributed by atoms with Gasteiger partial charge in [-0.3, -0.25) is 0 Å². The quantitative estimate of drug-likeness (QED) is 0.766. The van der Waals surface area contributed by atoms with Crippen LogP contribution < -0.4 is 5.73 Å². The Kier molecular flexibility index (Phi) is 2.85. The fourth-order valence-electron chi connectivity index (χ4n) is 0.925. The molecule has 0 aliphatic carbocycles. The van der Waals surface area contributed by atoms with Crippen molar-refractivity contribution in [3.63, 3.8) is 0 Å². The Hall–Kier alpha value is -0.410. The van der Waals surface area contributed by atoms with Gasteiger partial charge >= 0.3 is 0 Å².